The van der Waals surface area contributed by atoms with Crippen LogP contribution in [-0.4, -0.2) is 71.6 Å². The van der Waals surface area contributed by atoms with Crippen molar-refractivity contribution < 1.29 is 0 Å². The van der Waals surface area contributed by atoms with Gasteiger partial charge in [0.15, 0.2) is 0 Å². The van der Waals surface area contributed by atoms with Gasteiger partial charge in [-0.1, -0.05) is 0 Å². The first kappa shape index (κ1) is 16.7. The van der Waals surface area contributed by atoms with Crippen molar-refractivity contribution in [2.75, 3.05) is 39.3 Å². The summed E-state index contributed by atoms with van der Waals surface area (Å²) in [7, 11) is 0. The molecule has 22 heavy (non-hydrogen) atoms. The third-order valence-electron chi connectivity index (χ3n) is 6.60. The molecule has 0 amide bonds. The number of hydrogen-bond donors (Lipinski definition) is 0. The Morgan fingerprint density at radius 3 is 2.09 bits per heavy atom. The maximum Gasteiger partial charge on any atom is 0.0125 e. The SMILES string of the molecule is CC(C)N1CCC(N2CCC3(CCN(C(C)(C)C)C3)C2)CC1. The van der Waals surface area contributed by atoms with Crippen LogP contribution in [0.3, 0.4) is 0 Å². The van der Waals surface area contributed by atoms with E-state index in [1.807, 2.05) is 0 Å². The fourth-order valence-corrected chi connectivity index (χ4v) is 4.89. The second-order valence-electron chi connectivity index (χ2n) is 9.42. The second kappa shape index (κ2) is 6.07. The van der Waals surface area contributed by atoms with Gasteiger partial charge in [-0.25, -0.2) is 0 Å². The minimum absolute atomic E-state index is 0.347. The molecule has 1 atom stereocenters. The van der Waals surface area contributed by atoms with Crippen molar-refractivity contribution in [3.63, 3.8) is 0 Å². The van der Waals surface area contributed by atoms with E-state index < -0.39 is 0 Å². The highest BCUT2D eigenvalue weighted by Gasteiger charge is 2.47. The Balaban J connectivity index is 1.53. The van der Waals surface area contributed by atoms with Crippen LogP contribution in [0.2, 0.25) is 0 Å². The Labute approximate surface area is 138 Å². The molecule has 0 aromatic rings. The summed E-state index contributed by atoms with van der Waals surface area (Å²) in [5.41, 5.74) is 0.960. The lowest BCUT2D eigenvalue weighted by atomic mass is 9.86. The zero-order valence-electron chi connectivity index (χ0n) is 15.6. The molecule has 3 heterocycles. The van der Waals surface area contributed by atoms with E-state index in [0.717, 1.165) is 12.1 Å². The molecule has 3 heteroatoms. The molecule has 1 spiro atoms. The molecule has 3 aliphatic heterocycles. The molecule has 1 unspecified atom stereocenters. The van der Waals surface area contributed by atoms with Crippen molar-refractivity contribution in [1.29, 1.82) is 0 Å². The van der Waals surface area contributed by atoms with E-state index in [1.54, 1.807) is 0 Å². The van der Waals surface area contributed by atoms with Gasteiger partial charge in [0.05, 0.1) is 0 Å². The quantitative estimate of drug-likeness (QED) is 0.776. The summed E-state index contributed by atoms with van der Waals surface area (Å²) in [6.45, 7) is 19.8. The lowest BCUT2D eigenvalue weighted by molar-refractivity contribution is 0.0956. The van der Waals surface area contributed by atoms with Gasteiger partial charge in [-0.15, -0.1) is 0 Å². The van der Waals surface area contributed by atoms with E-state index in [4.69, 9.17) is 0 Å². The molecular weight excluding hydrogens is 270 g/mol. The van der Waals surface area contributed by atoms with E-state index in [0.29, 0.717) is 11.0 Å². The minimum atomic E-state index is 0.347. The molecule has 0 bridgehead atoms. The van der Waals surface area contributed by atoms with E-state index in [-0.39, 0.29) is 0 Å². The average molecular weight is 308 g/mol. The summed E-state index contributed by atoms with van der Waals surface area (Å²) in [5.74, 6) is 0. The van der Waals surface area contributed by atoms with Gasteiger partial charge >= 0.3 is 0 Å². The minimum Gasteiger partial charge on any atom is -0.301 e. The van der Waals surface area contributed by atoms with Gasteiger partial charge in [0.2, 0.25) is 0 Å². The van der Waals surface area contributed by atoms with E-state index in [1.165, 1.54) is 65.0 Å². The molecule has 3 rings (SSSR count). The lowest BCUT2D eigenvalue weighted by Gasteiger charge is -2.39. The van der Waals surface area contributed by atoms with Crippen LogP contribution in [-0.2, 0) is 0 Å². The fourth-order valence-electron chi connectivity index (χ4n) is 4.89. The molecule has 0 aromatic carbocycles. The van der Waals surface area contributed by atoms with Crippen LogP contribution in [0, 0.1) is 5.41 Å². The molecule has 3 saturated heterocycles. The van der Waals surface area contributed by atoms with Crippen LogP contribution in [0.1, 0.15) is 60.3 Å². The zero-order valence-corrected chi connectivity index (χ0v) is 15.6. The third kappa shape index (κ3) is 3.37. The Kier molecular flexibility index (Phi) is 4.61. The highest BCUT2D eigenvalue weighted by Crippen LogP contribution is 2.43. The molecule has 3 fully saturated rings. The van der Waals surface area contributed by atoms with Gasteiger partial charge in [0.25, 0.3) is 0 Å². The summed E-state index contributed by atoms with van der Waals surface area (Å²) in [5, 5.41) is 0. The number of hydrogen-bond acceptors (Lipinski definition) is 3. The summed E-state index contributed by atoms with van der Waals surface area (Å²) >= 11 is 0. The lowest BCUT2D eigenvalue weighted by Crippen LogP contribution is -2.47. The van der Waals surface area contributed by atoms with Crippen molar-refractivity contribution in [2.45, 2.75) is 77.9 Å². The first-order valence-electron chi connectivity index (χ1n) is 9.52. The first-order valence-corrected chi connectivity index (χ1v) is 9.52. The topological polar surface area (TPSA) is 9.72 Å². The molecule has 0 saturated carbocycles. The monoisotopic (exact) mass is 307 g/mol. The third-order valence-corrected chi connectivity index (χ3v) is 6.60. The summed E-state index contributed by atoms with van der Waals surface area (Å²) in [6, 6.07) is 1.58. The molecule has 128 valence electrons. The number of nitrogens with zero attached hydrogens (tertiary/aromatic N) is 3. The van der Waals surface area contributed by atoms with Crippen LogP contribution in [0.25, 0.3) is 0 Å². The van der Waals surface area contributed by atoms with Crippen LogP contribution in [0.4, 0.5) is 0 Å². The fraction of sp³-hybridized carbons (Fsp3) is 1.00. The average Bonchev–Trinajstić information content (AvgIpc) is 3.07. The second-order valence-corrected chi connectivity index (χ2v) is 9.42. The Morgan fingerprint density at radius 1 is 0.909 bits per heavy atom. The van der Waals surface area contributed by atoms with E-state index >= 15 is 0 Å². The number of likely N-dealkylation sites (tertiary alicyclic amines) is 3. The Morgan fingerprint density at radius 2 is 1.55 bits per heavy atom. The maximum absolute atomic E-state index is 2.85. The van der Waals surface area contributed by atoms with Crippen LogP contribution < -0.4 is 0 Å². The molecule has 0 N–H and O–H groups in total. The summed E-state index contributed by atoms with van der Waals surface area (Å²) in [6.07, 6.45) is 5.63. The maximum atomic E-state index is 2.85. The van der Waals surface area contributed by atoms with Crippen LogP contribution in [0.15, 0.2) is 0 Å². The first-order chi connectivity index (χ1) is 10.3. The smallest absolute Gasteiger partial charge is 0.0125 e. The van der Waals surface area contributed by atoms with Gasteiger partial charge in [-0.2, -0.15) is 0 Å². The molecule has 0 aromatic heterocycles. The normalized spacial score (nSPS) is 33.5. The van der Waals surface area contributed by atoms with Gasteiger partial charge in [0.1, 0.15) is 0 Å². The van der Waals surface area contributed by atoms with Crippen LogP contribution in [0.5, 0.6) is 0 Å². The summed E-state index contributed by atoms with van der Waals surface area (Å²) < 4.78 is 0. The van der Waals surface area contributed by atoms with E-state index in [2.05, 4.69) is 49.3 Å². The standard InChI is InChI=1S/C19H37N3/c1-16(2)20-10-6-17(7-11-20)21-12-8-19(14-21)9-13-22(15-19)18(3,4)5/h16-17H,6-15H2,1-5H3. The van der Waals surface area contributed by atoms with Crippen molar-refractivity contribution in [2.24, 2.45) is 5.41 Å². The van der Waals surface area contributed by atoms with Gasteiger partial charge in [-0.05, 0) is 91.9 Å². The van der Waals surface area contributed by atoms with Crippen molar-refractivity contribution >= 4 is 0 Å². The Hall–Kier alpha value is -0.120. The largest absolute Gasteiger partial charge is 0.301 e. The van der Waals surface area contributed by atoms with Gasteiger partial charge < -0.3 is 4.90 Å². The predicted molar refractivity (Wildman–Crippen MR) is 94.3 cm³/mol. The zero-order chi connectivity index (χ0) is 16.0. The molecule has 0 aliphatic carbocycles. The van der Waals surface area contributed by atoms with Crippen molar-refractivity contribution in [1.82, 2.24) is 14.7 Å². The van der Waals surface area contributed by atoms with Gasteiger partial charge in [0, 0.05) is 30.7 Å². The van der Waals surface area contributed by atoms with Crippen molar-refractivity contribution in [3.05, 3.63) is 0 Å². The molecular formula is C19H37N3. The van der Waals surface area contributed by atoms with Gasteiger partial charge in [-0.3, -0.25) is 9.80 Å². The number of rotatable bonds is 2. The van der Waals surface area contributed by atoms with Crippen molar-refractivity contribution in [3.8, 4) is 0 Å². The molecule has 3 aliphatic rings. The highest BCUT2D eigenvalue weighted by atomic mass is 15.3. The van der Waals surface area contributed by atoms with E-state index in [9.17, 15) is 0 Å². The Bertz CT molecular complexity index is 379. The predicted octanol–water partition coefficient (Wildman–Crippen LogP) is 3.06. The molecule has 3 nitrogen and oxygen atoms in total. The molecule has 0 radical (unpaired) electrons. The number of piperidine rings is 1. The van der Waals surface area contributed by atoms with Crippen LogP contribution >= 0.6 is 0 Å². The highest BCUT2D eigenvalue weighted by molar-refractivity contribution is 5.01. The summed E-state index contributed by atoms with van der Waals surface area (Å²) in [4.78, 5) is 8.22.